The van der Waals surface area contributed by atoms with Crippen molar-refractivity contribution in [1.82, 2.24) is 0 Å². The van der Waals surface area contributed by atoms with Gasteiger partial charge in [0.15, 0.2) is 0 Å². The number of hydrogen-bond acceptors (Lipinski definition) is 4. The van der Waals surface area contributed by atoms with Gasteiger partial charge in [0.05, 0.1) is 6.54 Å². The molecule has 0 radical (unpaired) electrons. The predicted molar refractivity (Wildman–Crippen MR) is 44.4 cm³/mol. The quantitative estimate of drug-likeness (QED) is 0.467. The molecule has 0 aliphatic heterocycles. The van der Waals surface area contributed by atoms with Crippen LogP contribution in [-0.4, -0.2) is 24.4 Å². The number of carbonyl (C=O) groups excluding carboxylic acids is 2. The molecule has 0 aromatic carbocycles. The van der Waals surface area contributed by atoms with Crippen molar-refractivity contribution in [3.63, 3.8) is 0 Å². The minimum Gasteiger partial charge on any atom is -0.457 e. The summed E-state index contributed by atoms with van der Waals surface area (Å²) in [4.78, 5) is 21.3. The van der Waals surface area contributed by atoms with E-state index in [1.165, 1.54) is 13.0 Å². The lowest BCUT2D eigenvalue weighted by Gasteiger charge is -2.10. The van der Waals surface area contributed by atoms with E-state index in [9.17, 15) is 9.59 Å². The van der Waals surface area contributed by atoms with Crippen LogP contribution >= 0.6 is 0 Å². The lowest BCUT2D eigenvalue weighted by Crippen LogP contribution is -2.24. The van der Waals surface area contributed by atoms with Gasteiger partial charge in [-0.3, -0.25) is 9.59 Å². The van der Waals surface area contributed by atoms with E-state index in [-0.39, 0.29) is 18.7 Å². The Morgan fingerprint density at radius 3 is 2.58 bits per heavy atom. The van der Waals surface area contributed by atoms with Crippen LogP contribution in [-0.2, 0) is 14.3 Å². The normalized spacial score (nSPS) is 11.8. The Morgan fingerprint density at radius 1 is 1.67 bits per heavy atom. The highest BCUT2D eigenvalue weighted by molar-refractivity contribution is 5.77. The van der Waals surface area contributed by atoms with Gasteiger partial charge in [-0.2, -0.15) is 0 Å². The van der Waals surface area contributed by atoms with Gasteiger partial charge in [0.2, 0.25) is 0 Å². The van der Waals surface area contributed by atoms with E-state index in [4.69, 9.17) is 10.5 Å². The van der Waals surface area contributed by atoms with Crippen LogP contribution in [0.5, 0.6) is 0 Å². The fraction of sp³-hybridized carbons (Fsp3) is 0.500. The molecule has 1 atom stereocenters. The second kappa shape index (κ2) is 5.49. The third-order valence-electron chi connectivity index (χ3n) is 1.20. The largest absolute Gasteiger partial charge is 0.457 e. The molecule has 0 heterocycles. The minimum atomic E-state index is -0.543. The Hall–Kier alpha value is -1.16. The van der Waals surface area contributed by atoms with Crippen LogP contribution in [0.25, 0.3) is 0 Å². The third-order valence-corrected chi connectivity index (χ3v) is 1.20. The monoisotopic (exact) mass is 171 g/mol. The van der Waals surface area contributed by atoms with E-state index >= 15 is 0 Å². The number of Topliss-reactive ketones (excluding diaryl/α,β-unsaturated/α-hetero) is 1. The first-order valence-electron chi connectivity index (χ1n) is 3.61. The van der Waals surface area contributed by atoms with E-state index in [1.807, 2.05) is 0 Å². The average molecular weight is 171 g/mol. The molecule has 0 saturated carbocycles. The molecule has 0 bridgehead atoms. The number of ether oxygens (including phenoxy) is 1. The number of esters is 1. The molecule has 0 aliphatic rings. The summed E-state index contributed by atoms with van der Waals surface area (Å²) in [6, 6.07) is 0. The van der Waals surface area contributed by atoms with Gasteiger partial charge in [-0.05, 0) is 6.92 Å². The van der Waals surface area contributed by atoms with E-state index in [0.717, 1.165) is 0 Å². The van der Waals surface area contributed by atoms with Gasteiger partial charge in [0, 0.05) is 6.42 Å². The van der Waals surface area contributed by atoms with Crippen molar-refractivity contribution >= 4 is 11.8 Å². The van der Waals surface area contributed by atoms with E-state index in [1.54, 1.807) is 0 Å². The molecule has 0 rings (SSSR count). The Bertz CT molecular complexity index is 189. The molecule has 12 heavy (non-hydrogen) atoms. The van der Waals surface area contributed by atoms with Gasteiger partial charge in [-0.1, -0.05) is 12.7 Å². The Balaban J connectivity index is 3.90. The molecule has 68 valence electrons. The minimum absolute atomic E-state index is 0.0512. The first-order valence-corrected chi connectivity index (χ1v) is 3.61. The Morgan fingerprint density at radius 2 is 2.25 bits per heavy atom. The van der Waals surface area contributed by atoms with Crippen molar-refractivity contribution in [3.05, 3.63) is 12.7 Å². The molecular formula is C8H13NO3. The summed E-state index contributed by atoms with van der Waals surface area (Å²) in [5, 5.41) is 0. The number of ketones is 1. The maximum Gasteiger partial charge on any atom is 0.320 e. The van der Waals surface area contributed by atoms with Crippen molar-refractivity contribution in [1.29, 1.82) is 0 Å². The summed E-state index contributed by atoms with van der Waals surface area (Å²) in [6.07, 6.45) is 1.03. The van der Waals surface area contributed by atoms with Crippen LogP contribution in [0.1, 0.15) is 13.3 Å². The number of rotatable bonds is 5. The first-order chi connectivity index (χ1) is 5.60. The summed E-state index contributed by atoms with van der Waals surface area (Å²) >= 11 is 0. The van der Waals surface area contributed by atoms with E-state index < -0.39 is 12.1 Å². The third kappa shape index (κ3) is 4.62. The van der Waals surface area contributed by atoms with E-state index in [0.29, 0.717) is 0 Å². The SMILES string of the molecule is C=C[C@H](CC(C)=O)OC(=O)CN. The number of carbonyl (C=O) groups is 2. The van der Waals surface area contributed by atoms with Gasteiger partial charge in [-0.15, -0.1) is 0 Å². The molecule has 4 nitrogen and oxygen atoms in total. The number of hydrogen-bond donors (Lipinski definition) is 1. The van der Waals surface area contributed by atoms with Crippen LogP contribution in [0.3, 0.4) is 0 Å². The van der Waals surface area contributed by atoms with Crippen LogP contribution in [0.2, 0.25) is 0 Å². The molecule has 0 aromatic rings. The first kappa shape index (κ1) is 10.8. The van der Waals surface area contributed by atoms with Crippen LogP contribution in [0, 0.1) is 0 Å². The maximum atomic E-state index is 10.7. The van der Waals surface area contributed by atoms with Crippen molar-refractivity contribution in [2.45, 2.75) is 19.4 Å². The Labute approximate surface area is 71.4 Å². The summed E-state index contributed by atoms with van der Waals surface area (Å²) in [5.74, 6) is -0.578. The van der Waals surface area contributed by atoms with Crippen LogP contribution < -0.4 is 5.73 Å². The molecule has 0 aromatic heterocycles. The predicted octanol–water partition coefficient (Wildman–Crippen LogP) is 0.0220. The average Bonchev–Trinajstić information content (AvgIpc) is 2.02. The molecule has 0 aliphatic carbocycles. The smallest absolute Gasteiger partial charge is 0.320 e. The molecule has 0 saturated heterocycles. The highest BCUT2D eigenvalue weighted by Gasteiger charge is 2.11. The maximum absolute atomic E-state index is 10.7. The highest BCUT2D eigenvalue weighted by atomic mass is 16.5. The standard InChI is InChI=1S/C8H13NO3/c1-3-7(4-6(2)10)12-8(11)5-9/h3,7H,1,4-5,9H2,2H3/t7-/m1/s1. The van der Waals surface area contributed by atoms with Crippen molar-refractivity contribution in [3.8, 4) is 0 Å². The fourth-order valence-corrected chi connectivity index (χ4v) is 0.673. The van der Waals surface area contributed by atoms with Gasteiger partial charge in [-0.25, -0.2) is 0 Å². The fourth-order valence-electron chi connectivity index (χ4n) is 0.673. The number of nitrogens with two attached hydrogens (primary N) is 1. The van der Waals surface area contributed by atoms with Crippen LogP contribution in [0.4, 0.5) is 0 Å². The molecule has 2 N–H and O–H groups in total. The summed E-state index contributed by atoms with van der Waals surface area (Å²) < 4.78 is 4.76. The Kier molecular flexibility index (Phi) is 4.96. The van der Waals surface area contributed by atoms with Crippen molar-refractivity contribution in [2.24, 2.45) is 5.73 Å². The molecular weight excluding hydrogens is 158 g/mol. The molecule has 4 heteroatoms. The highest BCUT2D eigenvalue weighted by Crippen LogP contribution is 2.00. The van der Waals surface area contributed by atoms with Crippen molar-refractivity contribution < 1.29 is 14.3 Å². The molecule has 0 unspecified atom stereocenters. The molecule has 0 spiro atoms. The zero-order valence-electron chi connectivity index (χ0n) is 7.08. The molecule has 0 amide bonds. The zero-order valence-corrected chi connectivity index (χ0v) is 7.08. The second-order valence-corrected chi connectivity index (χ2v) is 2.37. The molecule has 0 fully saturated rings. The van der Waals surface area contributed by atoms with Crippen LogP contribution in [0.15, 0.2) is 12.7 Å². The summed E-state index contributed by atoms with van der Waals surface area (Å²) in [7, 11) is 0. The van der Waals surface area contributed by atoms with Gasteiger partial charge in [0.1, 0.15) is 11.9 Å². The van der Waals surface area contributed by atoms with Gasteiger partial charge < -0.3 is 10.5 Å². The lowest BCUT2D eigenvalue weighted by atomic mass is 10.2. The second-order valence-electron chi connectivity index (χ2n) is 2.37. The van der Waals surface area contributed by atoms with Gasteiger partial charge in [0.25, 0.3) is 0 Å². The van der Waals surface area contributed by atoms with E-state index in [2.05, 4.69) is 6.58 Å². The zero-order chi connectivity index (χ0) is 9.56. The summed E-state index contributed by atoms with van der Waals surface area (Å²) in [5.41, 5.74) is 5.01. The summed E-state index contributed by atoms with van der Waals surface area (Å²) in [6.45, 7) is 4.68. The lowest BCUT2D eigenvalue weighted by molar-refractivity contribution is -0.145. The van der Waals surface area contributed by atoms with Crippen molar-refractivity contribution in [2.75, 3.05) is 6.54 Å². The van der Waals surface area contributed by atoms with Gasteiger partial charge >= 0.3 is 5.97 Å². The topological polar surface area (TPSA) is 69.4 Å².